The number of aromatic nitrogens is 2. The molecule has 1 rings (SSSR count). The smallest absolute Gasteiger partial charge is 0.408 e. The molecule has 0 saturated heterocycles. The maximum atomic E-state index is 11.8. The molecule has 0 bridgehead atoms. The minimum Gasteiger partial charge on any atom is -0.408 e. The van der Waals surface area contributed by atoms with Gasteiger partial charge in [-0.3, -0.25) is 9.89 Å². The topological polar surface area (TPSA) is 67.0 Å². The summed E-state index contributed by atoms with van der Waals surface area (Å²) in [6.07, 6.45) is -4.50. The highest BCUT2D eigenvalue weighted by Gasteiger charge is 2.33. The average Bonchev–Trinajstić information content (AvgIpc) is 2.54. The molecule has 0 aliphatic rings. The Balaban J connectivity index is 0.000000583. The summed E-state index contributed by atoms with van der Waals surface area (Å²) in [5, 5.41) is 7.50. The van der Waals surface area contributed by atoms with E-state index in [1.165, 1.54) is 0 Å². The number of alkyl halides is 3. The first kappa shape index (κ1) is 13.4. The molecular weight excluding hydrogens is 215 g/mol. The van der Waals surface area contributed by atoms with Gasteiger partial charge in [-0.05, 0) is 14.1 Å². The molecule has 15 heavy (non-hydrogen) atoms. The second-order valence-corrected chi connectivity index (χ2v) is 2.33. The monoisotopic (exact) mass is 225 g/mol. The van der Waals surface area contributed by atoms with Gasteiger partial charge in [-0.1, -0.05) is 0 Å². The molecule has 8 heteroatoms. The Morgan fingerprint density at radius 2 is 2.07 bits per heavy atom. The molecule has 0 saturated carbocycles. The first-order valence-electron chi connectivity index (χ1n) is 3.77. The predicted molar refractivity (Wildman–Crippen MR) is 45.3 cm³/mol. The van der Waals surface area contributed by atoms with Crippen molar-refractivity contribution in [3.63, 3.8) is 0 Å². The van der Waals surface area contributed by atoms with Crippen molar-refractivity contribution in [3.8, 4) is 5.88 Å². The van der Waals surface area contributed by atoms with Crippen LogP contribution in [-0.4, -0.2) is 30.8 Å². The summed E-state index contributed by atoms with van der Waals surface area (Å²) < 4.78 is 39.5. The summed E-state index contributed by atoms with van der Waals surface area (Å²) in [6, 6.07) is 0.592. The third-order valence-electron chi connectivity index (χ3n) is 1.03. The number of rotatable bonds is 2. The maximum absolute atomic E-state index is 11.8. The third kappa shape index (κ3) is 5.01. The van der Waals surface area contributed by atoms with E-state index in [0.29, 0.717) is 6.07 Å². The summed E-state index contributed by atoms with van der Waals surface area (Å²) in [6.45, 7) is -0.00364. The Kier molecular flexibility index (Phi) is 5.39. The van der Waals surface area contributed by atoms with Crippen molar-refractivity contribution < 1.29 is 22.7 Å². The number of carbonyl (C=O) groups is 1. The lowest BCUT2D eigenvalue weighted by Crippen LogP contribution is -2.04. The molecule has 0 unspecified atom stereocenters. The summed E-state index contributed by atoms with van der Waals surface area (Å²) in [5.41, 5.74) is -1.06. The van der Waals surface area contributed by atoms with Crippen LogP contribution in [-0.2, 0) is 11.0 Å². The van der Waals surface area contributed by atoms with Gasteiger partial charge >= 0.3 is 6.18 Å². The van der Waals surface area contributed by atoms with Crippen LogP contribution >= 0.6 is 0 Å². The summed E-state index contributed by atoms with van der Waals surface area (Å²) in [4.78, 5) is 9.68. The van der Waals surface area contributed by atoms with E-state index in [2.05, 4.69) is 15.2 Å². The quantitative estimate of drug-likeness (QED) is 0.730. The molecule has 1 aromatic rings. The van der Waals surface area contributed by atoms with Gasteiger partial charge in [-0.2, -0.15) is 13.2 Å². The second-order valence-electron chi connectivity index (χ2n) is 2.33. The van der Waals surface area contributed by atoms with Gasteiger partial charge in [-0.25, -0.2) is 0 Å². The SMILES string of the molecule is CNC.O=COc1cc(C(F)(F)F)[nH]n1. The first-order valence-corrected chi connectivity index (χ1v) is 3.77. The maximum Gasteiger partial charge on any atom is 0.432 e. The number of hydrogen-bond acceptors (Lipinski definition) is 4. The lowest BCUT2D eigenvalue weighted by molar-refractivity contribution is -0.141. The molecule has 2 N–H and O–H groups in total. The molecule has 0 aliphatic carbocycles. The van der Waals surface area contributed by atoms with Crippen molar-refractivity contribution in [2.45, 2.75) is 6.18 Å². The van der Waals surface area contributed by atoms with Crippen molar-refractivity contribution in [2.75, 3.05) is 14.1 Å². The molecule has 1 heterocycles. The fraction of sp³-hybridized carbons (Fsp3) is 0.429. The van der Waals surface area contributed by atoms with Gasteiger partial charge in [0.25, 0.3) is 6.47 Å². The van der Waals surface area contributed by atoms with Crippen LogP contribution in [0.2, 0.25) is 0 Å². The van der Waals surface area contributed by atoms with Crippen LogP contribution in [0, 0.1) is 0 Å². The fourth-order valence-electron chi connectivity index (χ4n) is 0.558. The van der Waals surface area contributed by atoms with Crippen LogP contribution in [0.4, 0.5) is 13.2 Å². The summed E-state index contributed by atoms with van der Waals surface area (Å²) in [7, 11) is 3.75. The predicted octanol–water partition coefficient (Wildman–Crippen LogP) is 0.799. The van der Waals surface area contributed by atoms with Crippen molar-refractivity contribution in [3.05, 3.63) is 11.8 Å². The Labute approximate surface area is 83.6 Å². The van der Waals surface area contributed by atoms with E-state index in [0.717, 1.165) is 0 Å². The Morgan fingerprint density at radius 1 is 1.53 bits per heavy atom. The fourth-order valence-corrected chi connectivity index (χ4v) is 0.558. The van der Waals surface area contributed by atoms with Crippen LogP contribution in [0.25, 0.3) is 0 Å². The van der Waals surface area contributed by atoms with Crippen LogP contribution in [0.1, 0.15) is 5.69 Å². The van der Waals surface area contributed by atoms with Gasteiger partial charge in [0, 0.05) is 6.07 Å². The Hall–Kier alpha value is -1.57. The molecule has 86 valence electrons. The highest BCUT2D eigenvalue weighted by molar-refractivity contribution is 5.43. The lowest BCUT2D eigenvalue weighted by Gasteiger charge is -1.99. The van der Waals surface area contributed by atoms with E-state index in [4.69, 9.17) is 0 Å². The molecular formula is C7H10F3N3O2. The zero-order valence-electron chi connectivity index (χ0n) is 8.05. The summed E-state index contributed by atoms with van der Waals surface area (Å²) >= 11 is 0. The number of hydrogen-bond donors (Lipinski definition) is 2. The van der Waals surface area contributed by atoms with Gasteiger partial charge in [-0.15, -0.1) is 5.10 Å². The number of carbonyl (C=O) groups excluding carboxylic acids is 1. The van der Waals surface area contributed by atoms with Gasteiger partial charge < -0.3 is 10.1 Å². The van der Waals surface area contributed by atoms with E-state index >= 15 is 0 Å². The largest absolute Gasteiger partial charge is 0.432 e. The van der Waals surface area contributed by atoms with Crippen molar-refractivity contribution in [1.82, 2.24) is 15.5 Å². The van der Waals surface area contributed by atoms with Gasteiger partial charge in [0.15, 0.2) is 0 Å². The molecule has 0 aromatic carbocycles. The molecule has 1 aromatic heterocycles. The first-order chi connectivity index (χ1) is 6.95. The molecule has 0 amide bonds. The van der Waals surface area contributed by atoms with E-state index in [1.54, 1.807) is 5.10 Å². The van der Waals surface area contributed by atoms with Crippen LogP contribution in [0.5, 0.6) is 5.88 Å². The normalized spacial score (nSPS) is 10.2. The standard InChI is InChI=1S/C5H3F3N2O2.C2H7N/c6-5(7,8)3-1-4(10-9-3)12-2-11;1-3-2/h1-2H,(H,9,10);3H,1-2H3. The number of aromatic amines is 1. The number of nitrogens with zero attached hydrogens (tertiary/aromatic N) is 1. The minimum atomic E-state index is -4.50. The van der Waals surface area contributed by atoms with Gasteiger partial charge in [0.05, 0.1) is 0 Å². The molecule has 0 aliphatic heterocycles. The van der Waals surface area contributed by atoms with Crippen LogP contribution in [0.3, 0.4) is 0 Å². The van der Waals surface area contributed by atoms with E-state index in [1.807, 2.05) is 14.1 Å². The molecule has 0 fully saturated rings. The molecule has 0 radical (unpaired) electrons. The van der Waals surface area contributed by atoms with Crippen LogP contribution in [0.15, 0.2) is 6.07 Å². The minimum absolute atomic E-state index is 0.00364. The lowest BCUT2D eigenvalue weighted by atomic mass is 10.4. The Bertz CT molecular complexity index is 298. The van der Waals surface area contributed by atoms with E-state index in [9.17, 15) is 18.0 Å². The zero-order chi connectivity index (χ0) is 11.9. The second kappa shape index (κ2) is 6.02. The van der Waals surface area contributed by atoms with Gasteiger partial charge in [0.1, 0.15) is 5.69 Å². The Morgan fingerprint density at radius 3 is 2.40 bits per heavy atom. The molecule has 0 atom stereocenters. The van der Waals surface area contributed by atoms with Crippen molar-refractivity contribution >= 4 is 6.47 Å². The zero-order valence-corrected chi connectivity index (χ0v) is 8.05. The third-order valence-corrected chi connectivity index (χ3v) is 1.03. The molecule has 0 spiro atoms. The number of H-pyrrole nitrogens is 1. The highest BCUT2D eigenvalue weighted by atomic mass is 19.4. The highest BCUT2D eigenvalue weighted by Crippen LogP contribution is 2.28. The van der Waals surface area contributed by atoms with Gasteiger partial charge in [0.2, 0.25) is 5.88 Å². The van der Waals surface area contributed by atoms with Crippen LogP contribution < -0.4 is 10.1 Å². The summed E-state index contributed by atoms with van der Waals surface area (Å²) in [5.74, 6) is -0.405. The average molecular weight is 225 g/mol. The van der Waals surface area contributed by atoms with Crippen molar-refractivity contribution in [1.29, 1.82) is 0 Å². The van der Waals surface area contributed by atoms with Crippen molar-refractivity contribution in [2.24, 2.45) is 0 Å². The van der Waals surface area contributed by atoms with E-state index in [-0.39, 0.29) is 6.47 Å². The van der Waals surface area contributed by atoms with E-state index < -0.39 is 17.8 Å². The number of halogens is 3. The number of nitrogens with one attached hydrogen (secondary N) is 2. The number of ether oxygens (including phenoxy) is 1. The molecule has 5 nitrogen and oxygen atoms in total.